The Balaban J connectivity index is 2.94. The molecular formula is C15H23ClO2S. The fourth-order valence-electron chi connectivity index (χ4n) is 1.96. The molecule has 0 saturated carbocycles. The van der Waals surface area contributed by atoms with E-state index in [0.717, 1.165) is 18.4 Å². The summed E-state index contributed by atoms with van der Waals surface area (Å²) in [6.07, 6.45) is 2.19. The van der Waals surface area contributed by atoms with E-state index in [1.807, 2.05) is 38.1 Å². The van der Waals surface area contributed by atoms with E-state index in [1.165, 1.54) is 0 Å². The van der Waals surface area contributed by atoms with Crippen molar-refractivity contribution in [2.24, 2.45) is 0 Å². The largest absolute Gasteiger partial charge is 0.390 e. The predicted molar refractivity (Wildman–Crippen MR) is 82.0 cm³/mol. The summed E-state index contributed by atoms with van der Waals surface area (Å²) < 4.78 is 11.5. The molecule has 1 aromatic carbocycles. The number of hydrogen-bond acceptors (Lipinski definition) is 2. The van der Waals surface area contributed by atoms with E-state index in [0.29, 0.717) is 17.7 Å². The van der Waals surface area contributed by atoms with Gasteiger partial charge < -0.3 is 5.11 Å². The van der Waals surface area contributed by atoms with Gasteiger partial charge in [0, 0.05) is 4.90 Å². The lowest BCUT2D eigenvalue weighted by atomic mass is 10.1. The molecule has 1 aromatic rings. The molecule has 0 unspecified atom stereocenters. The van der Waals surface area contributed by atoms with Crippen LogP contribution in [-0.4, -0.2) is 19.6 Å². The number of rotatable bonds is 7. The van der Waals surface area contributed by atoms with Gasteiger partial charge in [-0.2, -0.15) is 0 Å². The molecule has 0 heterocycles. The maximum absolute atomic E-state index is 12.6. The average molecular weight is 303 g/mol. The van der Waals surface area contributed by atoms with Gasteiger partial charge in [0.15, 0.2) is 0 Å². The molecular weight excluding hydrogens is 280 g/mol. The zero-order valence-electron chi connectivity index (χ0n) is 11.9. The lowest BCUT2D eigenvalue weighted by Gasteiger charge is -2.30. The number of aliphatic hydroxyl groups excluding tert-OH is 1. The van der Waals surface area contributed by atoms with Crippen LogP contribution in [-0.2, 0) is 10.8 Å². The van der Waals surface area contributed by atoms with Crippen molar-refractivity contribution in [3.8, 4) is 0 Å². The molecule has 0 spiro atoms. The van der Waals surface area contributed by atoms with Crippen molar-refractivity contribution in [3.63, 3.8) is 0 Å². The molecule has 1 rings (SSSR count). The topological polar surface area (TPSA) is 37.3 Å². The highest BCUT2D eigenvalue weighted by Gasteiger charge is 2.40. The molecule has 2 nitrogen and oxygen atoms in total. The van der Waals surface area contributed by atoms with Gasteiger partial charge in [0.25, 0.3) is 0 Å². The van der Waals surface area contributed by atoms with Crippen molar-refractivity contribution < 1.29 is 9.32 Å². The Hall–Kier alpha value is -0.380. The summed E-state index contributed by atoms with van der Waals surface area (Å²) in [6, 6.07) is 7.48. The van der Waals surface area contributed by atoms with Gasteiger partial charge in [-0.1, -0.05) is 44.4 Å². The summed E-state index contributed by atoms with van der Waals surface area (Å²) >= 11 is 6.48. The maximum Gasteiger partial charge on any atom is 0.149 e. The molecule has 108 valence electrons. The number of hydrogen-bond donors (Lipinski definition) is 1. The van der Waals surface area contributed by atoms with Crippen LogP contribution in [0.2, 0.25) is 0 Å². The molecule has 0 aliphatic heterocycles. The Kier molecular flexibility index (Phi) is 6.51. The van der Waals surface area contributed by atoms with E-state index in [2.05, 4.69) is 6.92 Å². The molecule has 0 aliphatic carbocycles. The molecule has 0 bridgehead atoms. The highest BCUT2D eigenvalue weighted by Crippen LogP contribution is 2.35. The van der Waals surface area contributed by atoms with Crippen molar-refractivity contribution in [2.45, 2.75) is 61.7 Å². The number of aryl methyl sites for hydroxylation is 1. The number of alkyl halides is 1. The van der Waals surface area contributed by atoms with Crippen LogP contribution in [0.3, 0.4) is 0 Å². The van der Waals surface area contributed by atoms with Gasteiger partial charge in [0.1, 0.15) is 4.21 Å². The Bertz CT molecular complexity index is 419. The summed E-state index contributed by atoms with van der Waals surface area (Å²) in [5.74, 6) is 0. The number of aliphatic hydroxyl groups is 1. The molecule has 0 fully saturated rings. The van der Waals surface area contributed by atoms with Crippen molar-refractivity contribution in [3.05, 3.63) is 29.8 Å². The first-order valence-corrected chi connectivity index (χ1v) is 8.34. The van der Waals surface area contributed by atoms with E-state index >= 15 is 0 Å². The SMILES string of the molecule is CCCC[C@H](O)[C@@](Cl)(CC)[S@](=O)c1ccc(C)cc1. The third-order valence-corrected chi connectivity index (χ3v) is 6.17. The molecule has 0 aliphatic rings. The van der Waals surface area contributed by atoms with E-state index in [9.17, 15) is 9.32 Å². The lowest BCUT2D eigenvalue weighted by molar-refractivity contribution is 0.142. The zero-order valence-corrected chi connectivity index (χ0v) is 13.4. The van der Waals surface area contributed by atoms with Gasteiger partial charge in [-0.3, -0.25) is 4.21 Å². The van der Waals surface area contributed by atoms with Gasteiger partial charge in [-0.15, -0.1) is 11.6 Å². The van der Waals surface area contributed by atoms with Crippen LogP contribution < -0.4 is 0 Å². The molecule has 0 aromatic heterocycles. The molecule has 1 N–H and O–H groups in total. The Morgan fingerprint density at radius 1 is 1.32 bits per heavy atom. The molecule has 19 heavy (non-hydrogen) atoms. The van der Waals surface area contributed by atoms with Gasteiger partial charge in [0.05, 0.1) is 16.9 Å². The van der Waals surface area contributed by atoms with Crippen LogP contribution in [0.25, 0.3) is 0 Å². The second kappa shape index (κ2) is 7.41. The first-order chi connectivity index (χ1) is 8.95. The lowest BCUT2D eigenvalue weighted by Crippen LogP contribution is -2.40. The van der Waals surface area contributed by atoms with Crippen LogP contribution in [0, 0.1) is 6.92 Å². The molecule has 0 saturated heterocycles. The average Bonchev–Trinajstić information content (AvgIpc) is 2.43. The summed E-state index contributed by atoms with van der Waals surface area (Å²) in [5.41, 5.74) is 1.11. The van der Waals surface area contributed by atoms with E-state index < -0.39 is 21.1 Å². The molecule has 3 atom stereocenters. The van der Waals surface area contributed by atoms with Crippen LogP contribution in [0.15, 0.2) is 29.2 Å². The normalized spacial score (nSPS) is 17.7. The first kappa shape index (κ1) is 16.7. The van der Waals surface area contributed by atoms with Crippen LogP contribution in [0.5, 0.6) is 0 Å². The number of unbranched alkanes of at least 4 members (excludes halogenated alkanes) is 1. The summed E-state index contributed by atoms with van der Waals surface area (Å²) in [4.78, 5) is 0.679. The van der Waals surface area contributed by atoms with Gasteiger partial charge in [0.2, 0.25) is 0 Å². The maximum atomic E-state index is 12.6. The van der Waals surface area contributed by atoms with Crippen LogP contribution >= 0.6 is 11.6 Å². The Morgan fingerprint density at radius 3 is 2.37 bits per heavy atom. The van der Waals surface area contributed by atoms with E-state index in [-0.39, 0.29) is 0 Å². The Labute approximate surface area is 123 Å². The quantitative estimate of drug-likeness (QED) is 0.773. The van der Waals surface area contributed by atoms with Gasteiger partial charge in [-0.25, -0.2) is 0 Å². The predicted octanol–water partition coefficient (Wildman–Crippen LogP) is 4.00. The smallest absolute Gasteiger partial charge is 0.149 e. The van der Waals surface area contributed by atoms with Crippen molar-refractivity contribution >= 4 is 22.4 Å². The minimum atomic E-state index is -1.41. The Morgan fingerprint density at radius 2 is 1.89 bits per heavy atom. The fraction of sp³-hybridized carbons (Fsp3) is 0.600. The monoisotopic (exact) mass is 302 g/mol. The first-order valence-electron chi connectivity index (χ1n) is 6.81. The van der Waals surface area contributed by atoms with E-state index in [1.54, 1.807) is 0 Å². The zero-order chi connectivity index (χ0) is 14.5. The second-order valence-electron chi connectivity index (χ2n) is 4.88. The molecule has 4 heteroatoms. The van der Waals surface area contributed by atoms with Gasteiger partial charge >= 0.3 is 0 Å². The fourth-order valence-corrected chi connectivity index (χ4v) is 3.74. The number of halogens is 1. The van der Waals surface area contributed by atoms with Crippen molar-refractivity contribution in [2.75, 3.05) is 0 Å². The van der Waals surface area contributed by atoms with Crippen LogP contribution in [0.4, 0.5) is 0 Å². The number of benzene rings is 1. The minimum absolute atomic E-state index is 0.472. The summed E-state index contributed by atoms with van der Waals surface area (Å²) in [7, 11) is -1.41. The highest BCUT2D eigenvalue weighted by atomic mass is 35.5. The third kappa shape index (κ3) is 4.04. The van der Waals surface area contributed by atoms with Crippen LogP contribution in [0.1, 0.15) is 45.1 Å². The minimum Gasteiger partial charge on any atom is -0.390 e. The standard InChI is InChI=1S/C15H23ClO2S/c1-4-6-7-14(17)15(16,5-2)19(18)13-10-8-12(3)9-11-13/h8-11,14,17H,4-7H2,1-3H3/t14-,15+,19+/m0/s1. The van der Waals surface area contributed by atoms with Gasteiger partial charge in [-0.05, 0) is 31.9 Å². The molecule has 0 radical (unpaired) electrons. The molecule has 0 amide bonds. The van der Waals surface area contributed by atoms with Crippen molar-refractivity contribution in [1.82, 2.24) is 0 Å². The summed E-state index contributed by atoms with van der Waals surface area (Å²) in [6.45, 7) is 5.91. The third-order valence-electron chi connectivity index (χ3n) is 3.35. The highest BCUT2D eigenvalue weighted by molar-refractivity contribution is 7.88. The van der Waals surface area contributed by atoms with Crippen molar-refractivity contribution in [1.29, 1.82) is 0 Å². The second-order valence-corrected chi connectivity index (χ2v) is 7.52. The van der Waals surface area contributed by atoms with E-state index in [4.69, 9.17) is 11.6 Å². The summed E-state index contributed by atoms with van der Waals surface area (Å²) in [5, 5.41) is 10.3.